The van der Waals surface area contributed by atoms with Crippen LogP contribution in [0.15, 0.2) is 67.1 Å². The number of benzene rings is 2. The lowest BCUT2D eigenvalue weighted by Crippen LogP contribution is -2.49. The van der Waals surface area contributed by atoms with Crippen molar-refractivity contribution in [3.05, 3.63) is 78.4 Å². The first-order valence-corrected chi connectivity index (χ1v) is 9.23. The summed E-state index contributed by atoms with van der Waals surface area (Å²) in [6.07, 6.45) is -1.24. The van der Waals surface area contributed by atoms with E-state index in [0.29, 0.717) is 37.6 Å². The summed E-state index contributed by atoms with van der Waals surface area (Å²) in [6, 6.07) is 14.7. The van der Waals surface area contributed by atoms with Crippen molar-refractivity contribution in [2.75, 3.05) is 31.1 Å². The predicted molar refractivity (Wildman–Crippen MR) is 103 cm³/mol. The molecule has 0 N–H and O–H groups in total. The molecule has 1 aromatic heterocycles. The van der Waals surface area contributed by atoms with E-state index < -0.39 is 11.7 Å². The predicted octanol–water partition coefficient (Wildman–Crippen LogP) is 3.85. The number of carbonyl (C=O) groups excluding carboxylic acids is 1. The smallest absolute Gasteiger partial charge is 0.368 e. The minimum absolute atomic E-state index is 0.143. The fourth-order valence-corrected chi connectivity index (χ4v) is 3.46. The summed E-state index contributed by atoms with van der Waals surface area (Å²) in [5.74, 6) is -0.143. The summed E-state index contributed by atoms with van der Waals surface area (Å²) in [5, 5.41) is 0. The van der Waals surface area contributed by atoms with Crippen LogP contribution in [0.25, 0.3) is 5.69 Å². The molecule has 0 spiro atoms. The Kier molecular flexibility index (Phi) is 5.00. The number of imidazole rings is 1. The first-order valence-electron chi connectivity index (χ1n) is 9.23. The molecule has 1 aliphatic heterocycles. The second-order valence-electron chi connectivity index (χ2n) is 6.81. The molecule has 0 radical (unpaired) electrons. The molecule has 29 heavy (non-hydrogen) atoms. The van der Waals surface area contributed by atoms with E-state index in [2.05, 4.69) is 4.98 Å². The molecule has 1 saturated heterocycles. The second kappa shape index (κ2) is 7.62. The number of hydrogen-bond acceptors (Lipinski definition) is 3. The molecule has 5 nitrogen and oxygen atoms in total. The van der Waals surface area contributed by atoms with Crippen LogP contribution in [-0.4, -0.2) is 46.5 Å². The van der Waals surface area contributed by atoms with Gasteiger partial charge in [-0.15, -0.1) is 0 Å². The number of nitrogens with zero attached hydrogens (tertiary/aromatic N) is 4. The molecule has 4 rings (SSSR count). The topological polar surface area (TPSA) is 41.4 Å². The highest BCUT2D eigenvalue weighted by molar-refractivity contribution is 5.93. The highest BCUT2D eigenvalue weighted by Gasteiger charge is 2.31. The molecule has 1 aliphatic rings. The highest BCUT2D eigenvalue weighted by atomic mass is 19.4. The van der Waals surface area contributed by atoms with E-state index in [1.165, 1.54) is 12.3 Å². The van der Waals surface area contributed by atoms with E-state index in [1.54, 1.807) is 21.9 Å². The molecule has 3 aromatic rings. The zero-order valence-electron chi connectivity index (χ0n) is 15.5. The standard InChI is InChI=1S/C21H19F3N4O/c22-21(23,24)16-5-4-8-18(13-16)26-9-11-27(12-10-26)20(29)19-14-25-15-28(19)17-6-2-1-3-7-17/h1-8,13-15H,9-12H2. The van der Waals surface area contributed by atoms with E-state index in [0.717, 1.165) is 17.8 Å². The summed E-state index contributed by atoms with van der Waals surface area (Å²) < 4.78 is 40.6. The van der Waals surface area contributed by atoms with Gasteiger partial charge in [0.1, 0.15) is 5.69 Å². The molecule has 2 heterocycles. The molecule has 1 amide bonds. The quantitative estimate of drug-likeness (QED) is 0.671. The Morgan fingerprint density at radius 1 is 0.897 bits per heavy atom. The molecular weight excluding hydrogens is 381 g/mol. The number of alkyl halides is 3. The van der Waals surface area contributed by atoms with Crippen LogP contribution < -0.4 is 4.90 Å². The van der Waals surface area contributed by atoms with Gasteiger partial charge < -0.3 is 9.80 Å². The lowest BCUT2D eigenvalue weighted by Gasteiger charge is -2.36. The Labute approximate surface area is 166 Å². The maximum Gasteiger partial charge on any atom is 0.416 e. The minimum Gasteiger partial charge on any atom is -0.368 e. The van der Waals surface area contributed by atoms with Crippen LogP contribution >= 0.6 is 0 Å². The zero-order chi connectivity index (χ0) is 20.4. The number of hydrogen-bond donors (Lipinski definition) is 0. The van der Waals surface area contributed by atoms with Crippen LogP contribution in [0.4, 0.5) is 18.9 Å². The minimum atomic E-state index is -4.37. The summed E-state index contributed by atoms with van der Waals surface area (Å²) >= 11 is 0. The van der Waals surface area contributed by atoms with Gasteiger partial charge in [-0.2, -0.15) is 13.2 Å². The van der Waals surface area contributed by atoms with Crippen molar-refractivity contribution in [2.45, 2.75) is 6.18 Å². The first-order chi connectivity index (χ1) is 13.9. The normalized spacial score (nSPS) is 14.9. The number of para-hydroxylation sites is 1. The van der Waals surface area contributed by atoms with Crippen molar-refractivity contribution in [2.24, 2.45) is 0 Å². The third-order valence-corrected chi connectivity index (χ3v) is 5.00. The van der Waals surface area contributed by atoms with Crippen LogP contribution in [0.5, 0.6) is 0 Å². The molecule has 0 bridgehead atoms. The van der Waals surface area contributed by atoms with Crippen molar-refractivity contribution >= 4 is 11.6 Å². The van der Waals surface area contributed by atoms with Gasteiger partial charge in [0.05, 0.1) is 18.1 Å². The van der Waals surface area contributed by atoms with E-state index in [1.807, 2.05) is 35.2 Å². The van der Waals surface area contributed by atoms with Crippen molar-refractivity contribution in [3.8, 4) is 5.69 Å². The van der Waals surface area contributed by atoms with Gasteiger partial charge in [0, 0.05) is 37.6 Å². The molecule has 0 aliphatic carbocycles. The SMILES string of the molecule is O=C(c1cncn1-c1ccccc1)N1CCN(c2cccc(C(F)(F)F)c2)CC1. The summed E-state index contributed by atoms with van der Waals surface area (Å²) in [5.41, 5.74) is 1.15. The third kappa shape index (κ3) is 3.96. The van der Waals surface area contributed by atoms with Crippen LogP contribution in [0.3, 0.4) is 0 Å². The van der Waals surface area contributed by atoms with E-state index in [4.69, 9.17) is 0 Å². The summed E-state index contributed by atoms with van der Waals surface area (Å²) in [6.45, 7) is 1.78. The molecule has 0 unspecified atom stereocenters. The number of halogens is 3. The Bertz CT molecular complexity index is 992. The number of anilines is 1. The van der Waals surface area contributed by atoms with Gasteiger partial charge in [0.2, 0.25) is 0 Å². The Balaban J connectivity index is 1.46. The van der Waals surface area contributed by atoms with Gasteiger partial charge in [-0.1, -0.05) is 24.3 Å². The van der Waals surface area contributed by atoms with E-state index >= 15 is 0 Å². The Hall–Kier alpha value is -3.29. The summed E-state index contributed by atoms with van der Waals surface area (Å²) in [7, 11) is 0. The molecular formula is C21H19F3N4O. The maximum atomic E-state index is 13.0. The van der Waals surface area contributed by atoms with Gasteiger partial charge >= 0.3 is 6.18 Å². The molecule has 8 heteroatoms. The maximum absolute atomic E-state index is 13.0. The van der Waals surface area contributed by atoms with Crippen molar-refractivity contribution in [1.82, 2.24) is 14.5 Å². The van der Waals surface area contributed by atoms with Gasteiger partial charge in [0.15, 0.2) is 0 Å². The van der Waals surface area contributed by atoms with Crippen LogP contribution in [0.1, 0.15) is 16.1 Å². The lowest BCUT2D eigenvalue weighted by atomic mass is 10.1. The van der Waals surface area contributed by atoms with Gasteiger partial charge in [0.25, 0.3) is 5.91 Å². The van der Waals surface area contributed by atoms with Crippen LogP contribution in [0.2, 0.25) is 0 Å². The number of rotatable bonds is 3. The third-order valence-electron chi connectivity index (χ3n) is 5.00. The molecule has 150 valence electrons. The van der Waals surface area contributed by atoms with E-state index in [9.17, 15) is 18.0 Å². The molecule has 0 atom stereocenters. The summed E-state index contributed by atoms with van der Waals surface area (Å²) in [4.78, 5) is 20.7. The lowest BCUT2D eigenvalue weighted by molar-refractivity contribution is -0.137. The Morgan fingerprint density at radius 3 is 2.28 bits per heavy atom. The Morgan fingerprint density at radius 2 is 1.59 bits per heavy atom. The van der Waals surface area contributed by atoms with Crippen molar-refractivity contribution in [1.29, 1.82) is 0 Å². The fraction of sp³-hybridized carbons (Fsp3) is 0.238. The number of carbonyl (C=O) groups is 1. The van der Waals surface area contributed by atoms with Crippen molar-refractivity contribution < 1.29 is 18.0 Å². The van der Waals surface area contributed by atoms with Crippen LogP contribution in [-0.2, 0) is 6.18 Å². The average Bonchev–Trinajstić information content (AvgIpc) is 3.23. The molecule has 0 saturated carbocycles. The molecule has 1 fully saturated rings. The number of piperazine rings is 1. The average molecular weight is 400 g/mol. The van der Waals surface area contributed by atoms with Gasteiger partial charge in [-0.3, -0.25) is 9.36 Å². The van der Waals surface area contributed by atoms with Gasteiger partial charge in [-0.25, -0.2) is 4.98 Å². The van der Waals surface area contributed by atoms with Gasteiger partial charge in [-0.05, 0) is 30.3 Å². The zero-order valence-corrected chi connectivity index (χ0v) is 15.5. The van der Waals surface area contributed by atoms with Crippen molar-refractivity contribution in [3.63, 3.8) is 0 Å². The monoisotopic (exact) mass is 400 g/mol. The highest BCUT2D eigenvalue weighted by Crippen LogP contribution is 2.32. The second-order valence-corrected chi connectivity index (χ2v) is 6.81. The molecule has 2 aromatic carbocycles. The first kappa shape index (κ1) is 19.0. The van der Waals surface area contributed by atoms with E-state index in [-0.39, 0.29) is 5.91 Å². The number of aromatic nitrogens is 2. The largest absolute Gasteiger partial charge is 0.416 e. The fourth-order valence-electron chi connectivity index (χ4n) is 3.46. The van der Waals surface area contributed by atoms with Crippen LogP contribution in [0, 0.1) is 0 Å². The number of amides is 1.